The van der Waals surface area contributed by atoms with Gasteiger partial charge in [-0.2, -0.15) is 0 Å². The topological polar surface area (TPSA) is 32.7 Å². The van der Waals surface area contributed by atoms with Gasteiger partial charge in [-0.05, 0) is 25.0 Å². The molecule has 1 fully saturated rings. The highest BCUT2D eigenvalue weighted by atomic mass is 16.5. The highest BCUT2D eigenvalue weighted by molar-refractivity contribution is 5.40. The van der Waals surface area contributed by atoms with E-state index >= 15 is 0 Å². The molecule has 3 heteroatoms. The monoisotopic (exact) mass is 261 g/mol. The highest BCUT2D eigenvalue weighted by Gasteiger charge is 2.41. The van der Waals surface area contributed by atoms with Crippen LogP contribution in [0.2, 0.25) is 0 Å². The number of fused-ring (bicyclic) bond motifs is 1. The van der Waals surface area contributed by atoms with Crippen LogP contribution in [0.3, 0.4) is 0 Å². The number of aliphatic hydroxyl groups is 1. The Morgan fingerprint density at radius 3 is 2.95 bits per heavy atom. The number of aryl methyl sites for hydroxylation is 1. The summed E-state index contributed by atoms with van der Waals surface area (Å²) >= 11 is 0. The van der Waals surface area contributed by atoms with E-state index in [1.807, 2.05) is 0 Å². The fourth-order valence-corrected chi connectivity index (χ4v) is 3.38. The first-order valence-corrected chi connectivity index (χ1v) is 7.29. The molecule has 1 aromatic rings. The van der Waals surface area contributed by atoms with Crippen LogP contribution in [0.25, 0.3) is 0 Å². The van der Waals surface area contributed by atoms with Crippen molar-refractivity contribution in [2.75, 3.05) is 19.6 Å². The summed E-state index contributed by atoms with van der Waals surface area (Å²) in [6, 6.07) is 6.40. The van der Waals surface area contributed by atoms with Gasteiger partial charge in [0.05, 0.1) is 5.60 Å². The lowest BCUT2D eigenvalue weighted by molar-refractivity contribution is -0.110. The van der Waals surface area contributed by atoms with Crippen LogP contribution < -0.4 is 4.74 Å². The number of hydrogen-bond donors (Lipinski definition) is 1. The number of likely N-dealkylation sites (tertiary alicyclic amines) is 1. The zero-order valence-electron chi connectivity index (χ0n) is 11.9. The zero-order chi connectivity index (χ0) is 13.5. The number of ether oxygens (including phenoxy) is 1. The lowest BCUT2D eigenvalue weighted by atomic mass is 9.89. The van der Waals surface area contributed by atoms with Gasteiger partial charge in [-0.25, -0.2) is 0 Å². The van der Waals surface area contributed by atoms with Crippen molar-refractivity contribution in [2.45, 2.75) is 44.8 Å². The van der Waals surface area contributed by atoms with E-state index in [2.05, 4.69) is 36.9 Å². The number of nitrogens with zero attached hydrogens (tertiary/aromatic N) is 1. The smallest absolute Gasteiger partial charge is 0.123 e. The molecule has 1 saturated heterocycles. The van der Waals surface area contributed by atoms with Crippen molar-refractivity contribution in [3.8, 4) is 5.75 Å². The Morgan fingerprint density at radius 1 is 1.42 bits per heavy atom. The van der Waals surface area contributed by atoms with E-state index in [-0.39, 0.29) is 6.10 Å². The molecule has 1 unspecified atom stereocenters. The molecule has 0 saturated carbocycles. The molecule has 3 rings (SSSR count). The predicted octanol–water partition coefficient (Wildman–Crippen LogP) is 2.15. The van der Waals surface area contributed by atoms with Crippen molar-refractivity contribution in [3.05, 3.63) is 29.3 Å². The standard InChI is InChI=1S/C16H23NO2/c1-3-6-16(18)10-17(11-16)9-14-8-13-7-12(2)4-5-15(13)19-14/h4-5,7,14,18H,3,6,8-11H2,1-2H3. The van der Waals surface area contributed by atoms with Gasteiger partial charge < -0.3 is 9.84 Å². The fraction of sp³-hybridized carbons (Fsp3) is 0.625. The SMILES string of the molecule is CCCC1(O)CN(CC2Cc3cc(C)ccc3O2)C1. The van der Waals surface area contributed by atoms with Gasteiger partial charge in [0.2, 0.25) is 0 Å². The van der Waals surface area contributed by atoms with Crippen LogP contribution in [-0.4, -0.2) is 41.3 Å². The van der Waals surface area contributed by atoms with Crippen molar-refractivity contribution >= 4 is 0 Å². The summed E-state index contributed by atoms with van der Waals surface area (Å²) in [5.41, 5.74) is 2.19. The van der Waals surface area contributed by atoms with Gasteiger partial charge in [0.1, 0.15) is 11.9 Å². The summed E-state index contributed by atoms with van der Waals surface area (Å²) in [4.78, 5) is 2.30. The van der Waals surface area contributed by atoms with Gasteiger partial charge >= 0.3 is 0 Å². The Bertz CT molecular complexity index is 466. The Balaban J connectivity index is 1.52. The normalized spacial score (nSPS) is 24.7. The lowest BCUT2D eigenvalue weighted by Gasteiger charge is -2.47. The fourth-order valence-electron chi connectivity index (χ4n) is 3.38. The van der Waals surface area contributed by atoms with Crippen LogP contribution in [0.1, 0.15) is 30.9 Å². The third kappa shape index (κ3) is 2.63. The number of rotatable bonds is 4. The largest absolute Gasteiger partial charge is 0.488 e. The molecule has 19 heavy (non-hydrogen) atoms. The third-order valence-corrected chi connectivity index (χ3v) is 4.17. The summed E-state index contributed by atoms with van der Waals surface area (Å²) in [5, 5.41) is 10.2. The van der Waals surface area contributed by atoms with Crippen molar-refractivity contribution in [1.82, 2.24) is 4.90 Å². The van der Waals surface area contributed by atoms with Crippen molar-refractivity contribution < 1.29 is 9.84 Å². The summed E-state index contributed by atoms with van der Waals surface area (Å²) in [7, 11) is 0. The molecular weight excluding hydrogens is 238 g/mol. The molecule has 104 valence electrons. The molecular formula is C16H23NO2. The first-order chi connectivity index (χ1) is 9.08. The second-order valence-corrected chi connectivity index (χ2v) is 6.20. The molecule has 2 heterocycles. The second kappa shape index (κ2) is 4.80. The summed E-state index contributed by atoms with van der Waals surface area (Å²) in [5.74, 6) is 1.04. The lowest BCUT2D eigenvalue weighted by Crippen LogP contribution is -2.63. The van der Waals surface area contributed by atoms with E-state index in [9.17, 15) is 5.11 Å². The maximum absolute atomic E-state index is 10.2. The molecule has 0 aliphatic carbocycles. The van der Waals surface area contributed by atoms with Gasteiger partial charge in [-0.3, -0.25) is 4.90 Å². The van der Waals surface area contributed by atoms with E-state index in [1.54, 1.807) is 0 Å². The van der Waals surface area contributed by atoms with Crippen molar-refractivity contribution in [2.24, 2.45) is 0 Å². The maximum Gasteiger partial charge on any atom is 0.123 e. The minimum absolute atomic E-state index is 0.253. The summed E-state index contributed by atoms with van der Waals surface area (Å²) in [6.07, 6.45) is 3.21. The van der Waals surface area contributed by atoms with Crippen molar-refractivity contribution in [1.29, 1.82) is 0 Å². The van der Waals surface area contributed by atoms with Gasteiger partial charge in [0.15, 0.2) is 0 Å². The van der Waals surface area contributed by atoms with Crippen molar-refractivity contribution in [3.63, 3.8) is 0 Å². The number of benzene rings is 1. The predicted molar refractivity (Wildman–Crippen MR) is 75.6 cm³/mol. The zero-order valence-corrected chi connectivity index (χ0v) is 11.9. The highest BCUT2D eigenvalue weighted by Crippen LogP contribution is 2.32. The van der Waals surface area contributed by atoms with Crippen LogP contribution in [0.5, 0.6) is 5.75 Å². The van der Waals surface area contributed by atoms with Gasteiger partial charge in [0.25, 0.3) is 0 Å². The molecule has 0 aromatic heterocycles. The average molecular weight is 261 g/mol. The Morgan fingerprint density at radius 2 is 2.21 bits per heavy atom. The third-order valence-electron chi connectivity index (χ3n) is 4.17. The first-order valence-electron chi connectivity index (χ1n) is 7.29. The van der Waals surface area contributed by atoms with E-state index in [0.29, 0.717) is 0 Å². The molecule has 0 bridgehead atoms. The van der Waals surface area contributed by atoms with Crippen LogP contribution in [0.15, 0.2) is 18.2 Å². The Kier molecular flexibility index (Phi) is 3.27. The van der Waals surface area contributed by atoms with Gasteiger partial charge in [0, 0.05) is 26.1 Å². The van der Waals surface area contributed by atoms with E-state index in [0.717, 1.165) is 44.6 Å². The van der Waals surface area contributed by atoms with Crippen LogP contribution >= 0.6 is 0 Å². The van der Waals surface area contributed by atoms with Crippen LogP contribution in [0, 0.1) is 6.92 Å². The molecule has 0 spiro atoms. The number of β-amino-alcohol motifs (C(OH)–C–C–N with tert-alkyl or cyclic N) is 1. The maximum atomic E-state index is 10.2. The summed E-state index contributed by atoms with van der Waals surface area (Å²) < 4.78 is 5.97. The quantitative estimate of drug-likeness (QED) is 0.901. The minimum Gasteiger partial charge on any atom is -0.488 e. The molecule has 1 aromatic carbocycles. The Hall–Kier alpha value is -1.06. The molecule has 1 N–H and O–H groups in total. The van der Waals surface area contributed by atoms with E-state index < -0.39 is 5.60 Å². The summed E-state index contributed by atoms with van der Waals surface area (Å²) in [6.45, 7) is 6.78. The van der Waals surface area contributed by atoms with Gasteiger partial charge in [-0.1, -0.05) is 31.0 Å². The van der Waals surface area contributed by atoms with Crippen LogP contribution in [-0.2, 0) is 6.42 Å². The molecule has 2 aliphatic heterocycles. The molecule has 0 amide bonds. The molecule has 0 radical (unpaired) electrons. The average Bonchev–Trinajstić information content (AvgIpc) is 2.68. The van der Waals surface area contributed by atoms with E-state index in [4.69, 9.17) is 4.74 Å². The minimum atomic E-state index is -0.434. The van der Waals surface area contributed by atoms with Crippen LogP contribution in [0.4, 0.5) is 0 Å². The first kappa shape index (κ1) is 12.9. The Labute approximate surface area is 115 Å². The van der Waals surface area contributed by atoms with Gasteiger partial charge in [-0.15, -0.1) is 0 Å². The second-order valence-electron chi connectivity index (χ2n) is 6.20. The van der Waals surface area contributed by atoms with E-state index in [1.165, 1.54) is 11.1 Å². The number of hydrogen-bond acceptors (Lipinski definition) is 3. The molecule has 3 nitrogen and oxygen atoms in total. The molecule has 2 aliphatic rings. The molecule has 1 atom stereocenters.